The summed E-state index contributed by atoms with van der Waals surface area (Å²) in [6.07, 6.45) is 0. The topological polar surface area (TPSA) is 84.7 Å². The summed E-state index contributed by atoms with van der Waals surface area (Å²) in [6, 6.07) is 6.28. The van der Waals surface area contributed by atoms with Gasteiger partial charge in [0, 0.05) is 24.3 Å². The first-order valence-corrected chi connectivity index (χ1v) is 6.61. The number of hydrogen-bond acceptors (Lipinski definition) is 4. The van der Waals surface area contributed by atoms with Crippen LogP contribution < -0.4 is 11.1 Å². The molecule has 0 saturated carbocycles. The smallest absolute Gasteiger partial charge is 0.254 e. The van der Waals surface area contributed by atoms with Crippen LogP contribution in [0.4, 0.5) is 5.69 Å². The van der Waals surface area contributed by atoms with Crippen molar-refractivity contribution in [2.24, 2.45) is 5.73 Å². The van der Waals surface area contributed by atoms with Crippen LogP contribution in [0.15, 0.2) is 24.3 Å². The average molecular weight is 277 g/mol. The Morgan fingerprint density at radius 2 is 2.05 bits per heavy atom. The Kier molecular flexibility index (Phi) is 4.70. The molecule has 1 aliphatic heterocycles. The van der Waals surface area contributed by atoms with E-state index in [1.165, 1.54) is 0 Å². The van der Waals surface area contributed by atoms with Gasteiger partial charge in [-0.15, -0.1) is 0 Å². The third kappa shape index (κ3) is 3.55. The van der Waals surface area contributed by atoms with Crippen molar-refractivity contribution in [2.75, 3.05) is 31.6 Å². The molecule has 2 amide bonds. The molecule has 1 aromatic carbocycles. The van der Waals surface area contributed by atoms with Crippen molar-refractivity contribution in [2.45, 2.75) is 13.0 Å². The maximum Gasteiger partial charge on any atom is 0.254 e. The number of carbonyl (C=O) groups excluding carboxylic acids is 2. The number of ether oxygens (including phenoxy) is 1. The van der Waals surface area contributed by atoms with Gasteiger partial charge in [0.15, 0.2) is 0 Å². The normalized spacial score (nSPS) is 16.6. The van der Waals surface area contributed by atoms with E-state index in [1.807, 2.05) is 0 Å². The third-order valence-electron chi connectivity index (χ3n) is 3.09. The maximum absolute atomic E-state index is 12.3. The second kappa shape index (κ2) is 6.49. The van der Waals surface area contributed by atoms with Crippen LogP contribution in [-0.4, -0.2) is 49.1 Å². The second-order valence-electron chi connectivity index (χ2n) is 4.76. The van der Waals surface area contributed by atoms with E-state index < -0.39 is 6.04 Å². The minimum absolute atomic E-state index is 0.0507. The molecule has 1 saturated heterocycles. The van der Waals surface area contributed by atoms with Gasteiger partial charge in [0.2, 0.25) is 5.91 Å². The number of nitrogens with two attached hydrogens (primary N) is 1. The molecule has 0 aliphatic carbocycles. The quantitative estimate of drug-likeness (QED) is 0.840. The SMILES string of the molecule is C[C@H](N)C(=O)Nc1cccc(C(=O)N2CCOCC2)c1. The molecule has 20 heavy (non-hydrogen) atoms. The molecular formula is C14H19N3O3. The molecule has 2 rings (SSSR count). The molecule has 1 heterocycles. The average Bonchev–Trinajstić information content (AvgIpc) is 2.47. The van der Waals surface area contributed by atoms with Crippen molar-refractivity contribution in [1.82, 2.24) is 4.90 Å². The summed E-state index contributed by atoms with van der Waals surface area (Å²) in [5.74, 6) is -0.328. The fraction of sp³-hybridized carbons (Fsp3) is 0.429. The minimum atomic E-state index is -0.589. The lowest BCUT2D eigenvalue weighted by Gasteiger charge is -2.27. The van der Waals surface area contributed by atoms with Crippen LogP contribution in [0.3, 0.4) is 0 Å². The number of nitrogens with one attached hydrogen (secondary N) is 1. The lowest BCUT2D eigenvalue weighted by atomic mass is 10.1. The van der Waals surface area contributed by atoms with E-state index >= 15 is 0 Å². The third-order valence-corrected chi connectivity index (χ3v) is 3.09. The zero-order valence-electron chi connectivity index (χ0n) is 11.5. The molecule has 1 atom stereocenters. The molecule has 0 aromatic heterocycles. The number of rotatable bonds is 3. The largest absolute Gasteiger partial charge is 0.378 e. The number of nitrogens with zero attached hydrogens (tertiary/aromatic N) is 1. The first kappa shape index (κ1) is 14.5. The van der Waals surface area contributed by atoms with Crippen LogP contribution in [0.2, 0.25) is 0 Å². The van der Waals surface area contributed by atoms with E-state index in [1.54, 1.807) is 36.1 Å². The van der Waals surface area contributed by atoms with Crippen LogP contribution in [0.1, 0.15) is 17.3 Å². The number of carbonyl (C=O) groups is 2. The standard InChI is InChI=1S/C14H19N3O3/c1-10(15)13(18)16-12-4-2-3-11(9-12)14(19)17-5-7-20-8-6-17/h2-4,9-10H,5-8,15H2,1H3,(H,16,18)/t10-/m0/s1. The van der Waals surface area contributed by atoms with Gasteiger partial charge in [0.1, 0.15) is 0 Å². The number of anilines is 1. The molecule has 1 aliphatic rings. The number of benzene rings is 1. The van der Waals surface area contributed by atoms with E-state index in [4.69, 9.17) is 10.5 Å². The minimum Gasteiger partial charge on any atom is -0.378 e. The fourth-order valence-electron chi connectivity index (χ4n) is 1.94. The lowest BCUT2D eigenvalue weighted by Crippen LogP contribution is -2.40. The zero-order chi connectivity index (χ0) is 14.5. The van der Waals surface area contributed by atoms with Crippen molar-refractivity contribution in [1.29, 1.82) is 0 Å². The van der Waals surface area contributed by atoms with Gasteiger partial charge in [0.05, 0.1) is 19.3 Å². The van der Waals surface area contributed by atoms with Crippen molar-refractivity contribution >= 4 is 17.5 Å². The molecule has 3 N–H and O–H groups in total. The molecule has 108 valence electrons. The molecule has 1 aromatic rings. The lowest BCUT2D eigenvalue weighted by molar-refractivity contribution is -0.117. The van der Waals surface area contributed by atoms with E-state index in [9.17, 15) is 9.59 Å². The molecule has 0 radical (unpaired) electrons. The van der Waals surface area contributed by atoms with Gasteiger partial charge in [0.25, 0.3) is 5.91 Å². The Balaban J connectivity index is 2.08. The predicted molar refractivity (Wildman–Crippen MR) is 75.4 cm³/mol. The fourth-order valence-corrected chi connectivity index (χ4v) is 1.94. The van der Waals surface area contributed by atoms with Gasteiger partial charge in [-0.05, 0) is 25.1 Å². The zero-order valence-corrected chi connectivity index (χ0v) is 11.5. The summed E-state index contributed by atoms with van der Waals surface area (Å²) in [4.78, 5) is 25.6. The van der Waals surface area contributed by atoms with Crippen molar-refractivity contribution in [3.05, 3.63) is 29.8 Å². The Morgan fingerprint density at radius 1 is 1.35 bits per heavy atom. The van der Waals surface area contributed by atoms with E-state index in [2.05, 4.69) is 5.32 Å². The van der Waals surface area contributed by atoms with Crippen molar-refractivity contribution in [3.8, 4) is 0 Å². The highest BCUT2D eigenvalue weighted by Gasteiger charge is 2.18. The summed E-state index contributed by atoms with van der Waals surface area (Å²) in [7, 11) is 0. The first-order valence-electron chi connectivity index (χ1n) is 6.61. The Morgan fingerprint density at radius 3 is 2.70 bits per heavy atom. The molecule has 6 heteroatoms. The highest BCUT2D eigenvalue weighted by molar-refractivity contribution is 5.98. The monoisotopic (exact) mass is 277 g/mol. The van der Waals surface area contributed by atoms with Crippen LogP contribution in [-0.2, 0) is 9.53 Å². The number of amides is 2. The summed E-state index contributed by atoms with van der Waals surface area (Å²) < 4.78 is 5.22. The number of hydrogen-bond donors (Lipinski definition) is 2. The highest BCUT2D eigenvalue weighted by Crippen LogP contribution is 2.14. The number of morpholine rings is 1. The Labute approximate surface area is 117 Å². The van der Waals surface area contributed by atoms with Gasteiger partial charge in [-0.3, -0.25) is 9.59 Å². The second-order valence-corrected chi connectivity index (χ2v) is 4.76. The van der Waals surface area contributed by atoms with Crippen molar-refractivity contribution in [3.63, 3.8) is 0 Å². The van der Waals surface area contributed by atoms with Gasteiger partial charge in [-0.2, -0.15) is 0 Å². The van der Waals surface area contributed by atoms with Crippen LogP contribution in [0, 0.1) is 0 Å². The summed E-state index contributed by atoms with van der Waals surface area (Å²) in [5, 5.41) is 2.68. The van der Waals surface area contributed by atoms with Gasteiger partial charge < -0.3 is 20.7 Å². The molecular weight excluding hydrogens is 258 g/mol. The predicted octanol–water partition coefficient (Wildman–Crippen LogP) is 0.445. The van der Waals surface area contributed by atoms with Gasteiger partial charge in [-0.1, -0.05) is 6.07 Å². The summed E-state index contributed by atoms with van der Waals surface area (Å²) >= 11 is 0. The highest BCUT2D eigenvalue weighted by atomic mass is 16.5. The Hall–Kier alpha value is -1.92. The Bertz CT molecular complexity index is 496. The van der Waals surface area contributed by atoms with E-state index in [0.29, 0.717) is 37.6 Å². The molecule has 1 fully saturated rings. The summed E-state index contributed by atoms with van der Waals surface area (Å²) in [6.45, 7) is 3.92. The van der Waals surface area contributed by atoms with E-state index in [-0.39, 0.29) is 11.8 Å². The molecule has 6 nitrogen and oxygen atoms in total. The molecule has 0 spiro atoms. The first-order chi connectivity index (χ1) is 9.58. The van der Waals surface area contributed by atoms with Gasteiger partial charge in [-0.25, -0.2) is 0 Å². The van der Waals surface area contributed by atoms with Crippen LogP contribution >= 0.6 is 0 Å². The molecule has 0 unspecified atom stereocenters. The summed E-state index contributed by atoms with van der Waals surface area (Å²) in [5.41, 5.74) is 6.62. The molecule has 0 bridgehead atoms. The van der Waals surface area contributed by atoms with E-state index in [0.717, 1.165) is 0 Å². The van der Waals surface area contributed by atoms with Crippen molar-refractivity contribution < 1.29 is 14.3 Å². The van der Waals surface area contributed by atoms with Crippen LogP contribution in [0.25, 0.3) is 0 Å². The maximum atomic E-state index is 12.3. The van der Waals surface area contributed by atoms with Crippen LogP contribution in [0.5, 0.6) is 0 Å². The van der Waals surface area contributed by atoms with Gasteiger partial charge >= 0.3 is 0 Å².